The first-order valence-electron chi connectivity index (χ1n) is 8.34. The molecule has 2 aromatic heterocycles. The van der Waals surface area contributed by atoms with Crippen molar-refractivity contribution in [3.63, 3.8) is 0 Å². The zero-order chi connectivity index (χ0) is 18.6. The molecule has 138 valence electrons. The molecule has 1 atom stereocenters. The van der Waals surface area contributed by atoms with Crippen molar-refractivity contribution in [3.8, 4) is 0 Å². The summed E-state index contributed by atoms with van der Waals surface area (Å²) in [6.45, 7) is 0.382. The summed E-state index contributed by atoms with van der Waals surface area (Å²) in [6.07, 6.45) is 0.208. The molecule has 2 amide bonds. The molecule has 1 saturated heterocycles. The number of carbonyl (C=O) groups excluding carboxylic acids is 2. The van der Waals surface area contributed by atoms with E-state index in [0.29, 0.717) is 11.7 Å². The second-order valence-corrected chi connectivity index (χ2v) is 9.20. The van der Waals surface area contributed by atoms with Crippen LogP contribution in [-0.4, -0.2) is 28.6 Å². The van der Waals surface area contributed by atoms with E-state index in [1.54, 1.807) is 28.0 Å². The summed E-state index contributed by atoms with van der Waals surface area (Å²) in [7, 11) is 0. The molecule has 0 saturated carbocycles. The fraction of sp³-hybridized carbons (Fsp3) is 0.222. The summed E-state index contributed by atoms with van der Waals surface area (Å²) >= 11 is 4.66. The fourth-order valence-electron chi connectivity index (χ4n) is 2.79. The van der Waals surface area contributed by atoms with Gasteiger partial charge in [-0.1, -0.05) is 47.4 Å². The minimum absolute atomic E-state index is 0.0363. The van der Waals surface area contributed by atoms with E-state index < -0.39 is 0 Å². The predicted octanol–water partition coefficient (Wildman–Crippen LogP) is 3.88. The number of thioether (sulfide) groups is 1. The van der Waals surface area contributed by atoms with E-state index in [4.69, 9.17) is 0 Å². The van der Waals surface area contributed by atoms with Gasteiger partial charge in [-0.15, -0.1) is 21.5 Å². The van der Waals surface area contributed by atoms with Crippen LogP contribution in [0.15, 0.2) is 52.2 Å². The van der Waals surface area contributed by atoms with Crippen molar-refractivity contribution in [2.24, 2.45) is 5.92 Å². The first kappa shape index (κ1) is 18.1. The Labute approximate surface area is 168 Å². The van der Waals surface area contributed by atoms with Gasteiger partial charge in [0.1, 0.15) is 0 Å². The minimum Gasteiger partial charge on any atom is -0.312 e. The van der Waals surface area contributed by atoms with Crippen LogP contribution >= 0.6 is 34.4 Å². The third kappa shape index (κ3) is 4.37. The number of hydrogen-bond donors (Lipinski definition) is 1. The maximum Gasteiger partial charge on any atom is 0.231 e. The van der Waals surface area contributed by atoms with E-state index in [0.717, 1.165) is 15.8 Å². The van der Waals surface area contributed by atoms with Gasteiger partial charge < -0.3 is 10.2 Å². The Morgan fingerprint density at radius 1 is 1.22 bits per heavy atom. The number of nitrogens with zero attached hydrogens (tertiary/aromatic N) is 3. The number of hydrogen-bond acceptors (Lipinski definition) is 7. The van der Waals surface area contributed by atoms with Crippen molar-refractivity contribution in [2.75, 3.05) is 16.8 Å². The highest BCUT2D eigenvalue weighted by Crippen LogP contribution is 2.30. The quantitative estimate of drug-likeness (QED) is 0.487. The Kier molecular flexibility index (Phi) is 5.51. The summed E-state index contributed by atoms with van der Waals surface area (Å²) in [5.41, 5.74) is 0.820. The fourth-order valence-corrected chi connectivity index (χ4v) is 5.32. The molecule has 0 spiro atoms. The zero-order valence-corrected chi connectivity index (χ0v) is 16.6. The van der Waals surface area contributed by atoms with Gasteiger partial charge >= 0.3 is 0 Å². The van der Waals surface area contributed by atoms with Crippen molar-refractivity contribution >= 4 is 57.1 Å². The lowest BCUT2D eigenvalue weighted by Crippen LogP contribution is -2.28. The van der Waals surface area contributed by atoms with Crippen LogP contribution in [0.5, 0.6) is 0 Å². The number of thiophene rings is 1. The molecule has 0 bridgehead atoms. The van der Waals surface area contributed by atoms with Crippen LogP contribution in [0.2, 0.25) is 0 Å². The van der Waals surface area contributed by atoms with Crippen LogP contribution in [-0.2, 0) is 15.3 Å². The number of benzene rings is 1. The van der Waals surface area contributed by atoms with Crippen LogP contribution in [0, 0.1) is 5.92 Å². The highest BCUT2D eigenvalue weighted by Gasteiger charge is 2.35. The van der Waals surface area contributed by atoms with Crippen LogP contribution < -0.4 is 10.2 Å². The van der Waals surface area contributed by atoms with Gasteiger partial charge in [-0.3, -0.25) is 9.59 Å². The Morgan fingerprint density at radius 3 is 2.85 bits per heavy atom. The molecule has 0 radical (unpaired) electrons. The van der Waals surface area contributed by atoms with Crippen molar-refractivity contribution < 1.29 is 9.59 Å². The molecule has 3 aromatic rings. The van der Waals surface area contributed by atoms with E-state index in [1.165, 1.54) is 16.2 Å². The molecule has 27 heavy (non-hydrogen) atoms. The molecule has 1 unspecified atom stereocenters. The van der Waals surface area contributed by atoms with Crippen molar-refractivity contribution in [1.29, 1.82) is 0 Å². The number of carbonyl (C=O) groups is 2. The van der Waals surface area contributed by atoms with E-state index in [-0.39, 0.29) is 24.2 Å². The smallest absolute Gasteiger partial charge is 0.231 e. The number of nitrogens with one attached hydrogen (secondary N) is 1. The number of aromatic nitrogens is 2. The lowest BCUT2D eigenvalue weighted by Gasteiger charge is -2.16. The molecule has 9 heteroatoms. The first-order valence-corrected chi connectivity index (χ1v) is 11.0. The predicted molar refractivity (Wildman–Crippen MR) is 109 cm³/mol. The average Bonchev–Trinajstić information content (AvgIpc) is 3.42. The summed E-state index contributed by atoms with van der Waals surface area (Å²) in [5, 5.41) is 13.5. The molecule has 1 fully saturated rings. The number of amides is 2. The van der Waals surface area contributed by atoms with E-state index in [2.05, 4.69) is 21.6 Å². The molecule has 1 aliphatic heterocycles. The Hall–Kier alpha value is -2.23. The van der Waals surface area contributed by atoms with E-state index in [1.807, 2.05) is 41.8 Å². The minimum atomic E-state index is -0.385. The van der Waals surface area contributed by atoms with Gasteiger partial charge in [0.2, 0.25) is 16.9 Å². The van der Waals surface area contributed by atoms with E-state index in [9.17, 15) is 9.59 Å². The molecular formula is C18H16N4O2S3. The maximum atomic E-state index is 12.5. The van der Waals surface area contributed by atoms with Gasteiger partial charge in [-0.05, 0) is 23.6 Å². The monoisotopic (exact) mass is 416 g/mol. The van der Waals surface area contributed by atoms with Gasteiger partial charge in [0.25, 0.3) is 0 Å². The van der Waals surface area contributed by atoms with Crippen molar-refractivity contribution in [3.05, 3.63) is 52.7 Å². The van der Waals surface area contributed by atoms with Crippen LogP contribution in [0.3, 0.4) is 0 Å². The largest absolute Gasteiger partial charge is 0.312 e. The summed E-state index contributed by atoms with van der Waals surface area (Å²) in [5.74, 6) is 0.228. The standard InChI is InChI=1S/C18H16N4O2S3/c23-15-9-12(10-22(15)13-5-2-1-3-6-13)16(24)19-17-20-21-18(27-17)26-11-14-7-4-8-25-14/h1-8,12H,9-11H2,(H,19,20,24). The van der Waals surface area contributed by atoms with Gasteiger partial charge in [0.05, 0.1) is 5.92 Å². The Bertz CT molecular complexity index is 927. The van der Waals surface area contributed by atoms with Crippen molar-refractivity contribution in [1.82, 2.24) is 10.2 Å². The van der Waals surface area contributed by atoms with E-state index >= 15 is 0 Å². The number of anilines is 2. The third-order valence-corrected chi connectivity index (χ3v) is 7.20. The van der Waals surface area contributed by atoms with Gasteiger partial charge in [-0.2, -0.15) is 0 Å². The molecule has 0 aliphatic carbocycles. The Morgan fingerprint density at radius 2 is 2.07 bits per heavy atom. The second kappa shape index (κ2) is 8.20. The molecular weight excluding hydrogens is 400 g/mol. The summed E-state index contributed by atoms with van der Waals surface area (Å²) < 4.78 is 0.812. The normalized spacial score (nSPS) is 16.7. The molecule has 1 aliphatic rings. The van der Waals surface area contributed by atoms with Crippen LogP contribution in [0.1, 0.15) is 11.3 Å². The SMILES string of the molecule is O=C(Nc1nnc(SCc2cccs2)s1)C1CC(=O)N(c2ccccc2)C1. The van der Waals surface area contributed by atoms with Crippen LogP contribution in [0.4, 0.5) is 10.8 Å². The van der Waals surface area contributed by atoms with Gasteiger partial charge in [0, 0.05) is 29.3 Å². The number of rotatable bonds is 6. The highest BCUT2D eigenvalue weighted by atomic mass is 32.2. The number of para-hydroxylation sites is 1. The molecule has 4 rings (SSSR count). The van der Waals surface area contributed by atoms with Gasteiger partial charge in [-0.25, -0.2) is 0 Å². The Balaban J connectivity index is 1.33. The highest BCUT2D eigenvalue weighted by molar-refractivity contribution is 8.00. The average molecular weight is 417 g/mol. The topological polar surface area (TPSA) is 75.2 Å². The van der Waals surface area contributed by atoms with Crippen molar-refractivity contribution in [2.45, 2.75) is 16.5 Å². The lowest BCUT2D eigenvalue weighted by molar-refractivity contribution is -0.122. The first-order chi connectivity index (χ1) is 13.2. The van der Waals surface area contributed by atoms with Crippen LogP contribution in [0.25, 0.3) is 0 Å². The van der Waals surface area contributed by atoms with Gasteiger partial charge in [0.15, 0.2) is 4.34 Å². The third-order valence-electron chi connectivity index (χ3n) is 4.12. The summed E-state index contributed by atoms with van der Waals surface area (Å²) in [4.78, 5) is 27.7. The molecule has 1 N–H and O–H groups in total. The molecule has 3 heterocycles. The molecule has 6 nitrogen and oxygen atoms in total. The second-order valence-electron chi connectivity index (χ2n) is 5.97. The zero-order valence-electron chi connectivity index (χ0n) is 14.2. The lowest BCUT2D eigenvalue weighted by atomic mass is 10.1. The molecule has 1 aromatic carbocycles. The summed E-state index contributed by atoms with van der Waals surface area (Å²) in [6, 6.07) is 13.5. The maximum absolute atomic E-state index is 12.5.